The van der Waals surface area contributed by atoms with Crippen molar-refractivity contribution < 1.29 is 4.39 Å². The minimum atomic E-state index is -0.210. The molecule has 3 aromatic rings. The Bertz CT molecular complexity index is 1200. The summed E-state index contributed by atoms with van der Waals surface area (Å²) in [6, 6.07) is 18.5. The second-order valence-electron chi connectivity index (χ2n) is 11.0. The van der Waals surface area contributed by atoms with Gasteiger partial charge in [0.2, 0.25) is 0 Å². The normalized spacial score (nSPS) is 17.4. The van der Waals surface area contributed by atoms with Crippen LogP contribution in [0.25, 0.3) is 10.8 Å². The highest BCUT2D eigenvalue weighted by Gasteiger charge is 2.20. The average Bonchev–Trinajstić information content (AvgIpc) is 2.94. The molecule has 0 atom stereocenters. The molecule has 1 aliphatic rings. The summed E-state index contributed by atoms with van der Waals surface area (Å²) in [5, 5.41) is 1.62. The van der Waals surface area contributed by atoms with Crippen LogP contribution in [0.5, 0.6) is 0 Å². The quantitative estimate of drug-likeness (QED) is 0.141. The van der Waals surface area contributed by atoms with Gasteiger partial charge in [-0.05, 0) is 85.1 Å². The number of unbranched alkanes of at least 4 members (excludes halogenated alkanes) is 3. The van der Waals surface area contributed by atoms with E-state index in [9.17, 15) is 0 Å². The van der Waals surface area contributed by atoms with Crippen molar-refractivity contribution in [3.63, 3.8) is 0 Å². The van der Waals surface area contributed by atoms with Crippen LogP contribution in [-0.4, -0.2) is 0 Å². The van der Waals surface area contributed by atoms with E-state index < -0.39 is 0 Å². The molecule has 0 unspecified atom stereocenters. The summed E-state index contributed by atoms with van der Waals surface area (Å²) < 4.78 is 15.2. The molecule has 3 aromatic carbocycles. The van der Waals surface area contributed by atoms with Crippen LogP contribution in [0.4, 0.5) is 4.39 Å². The fourth-order valence-electron chi connectivity index (χ4n) is 5.78. The monoisotopic (exact) mass is 494 g/mol. The maximum absolute atomic E-state index is 15.2. The predicted octanol–water partition coefficient (Wildman–Crippen LogP) is 10.2. The Morgan fingerprint density at radius 2 is 1.54 bits per heavy atom. The van der Waals surface area contributed by atoms with Crippen LogP contribution in [0.15, 0.2) is 67.3 Å². The Labute approximate surface area is 224 Å². The predicted molar refractivity (Wildman–Crippen MR) is 157 cm³/mol. The van der Waals surface area contributed by atoms with Gasteiger partial charge in [0, 0.05) is 10.9 Å². The number of benzene rings is 3. The van der Waals surface area contributed by atoms with Gasteiger partial charge in [-0.15, -0.1) is 6.58 Å². The molecule has 1 heteroatoms. The van der Waals surface area contributed by atoms with Gasteiger partial charge in [0.1, 0.15) is 5.82 Å². The van der Waals surface area contributed by atoms with Crippen LogP contribution in [-0.2, 0) is 12.8 Å². The van der Waals surface area contributed by atoms with Crippen molar-refractivity contribution in [1.29, 1.82) is 0 Å². The first kappa shape index (κ1) is 27.2. The van der Waals surface area contributed by atoms with E-state index in [2.05, 4.69) is 67.8 Å². The molecule has 0 saturated heterocycles. The zero-order chi connectivity index (χ0) is 25.9. The molecule has 0 bridgehead atoms. The molecule has 1 aliphatic carbocycles. The zero-order valence-electron chi connectivity index (χ0n) is 22.7. The number of rotatable bonds is 11. The SMILES string of the molecule is C=CCCC1CCC(CCc2ccc(C#Cc3ccc4cc(CCCCCC)ccc4c3F)cc2)CC1. The smallest absolute Gasteiger partial charge is 0.146 e. The molecule has 37 heavy (non-hydrogen) atoms. The highest BCUT2D eigenvalue weighted by molar-refractivity contribution is 5.85. The fraction of sp³-hybridized carbons (Fsp3) is 0.444. The summed E-state index contributed by atoms with van der Waals surface area (Å²) in [6.45, 7) is 6.09. The summed E-state index contributed by atoms with van der Waals surface area (Å²) in [6.07, 6.45) is 18.5. The standard InChI is InChI=1S/C36H43F/c1-3-5-7-8-10-32-22-26-35-34(27-32)25-24-33(36(35)37)23-21-31-19-17-30(18-20-31)16-15-29-13-11-28(12-14-29)9-6-4-2/h4,17-20,22,24-29H,2-3,5-16H2,1H3. The van der Waals surface area contributed by atoms with Crippen molar-refractivity contribution in [2.45, 2.75) is 90.4 Å². The first-order chi connectivity index (χ1) is 18.2. The molecular weight excluding hydrogens is 451 g/mol. The Balaban J connectivity index is 1.31. The maximum Gasteiger partial charge on any atom is 0.146 e. The van der Waals surface area contributed by atoms with Crippen molar-refractivity contribution in [1.82, 2.24) is 0 Å². The minimum absolute atomic E-state index is 0.210. The summed E-state index contributed by atoms with van der Waals surface area (Å²) in [7, 11) is 0. The largest absolute Gasteiger partial charge is 0.205 e. The van der Waals surface area contributed by atoms with Crippen LogP contribution in [0, 0.1) is 29.5 Å². The van der Waals surface area contributed by atoms with E-state index in [0.717, 1.165) is 42.0 Å². The molecule has 1 saturated carbocycles. The maximum atomic E-state index is 15.2. The molecule has 0 radical (unpaired) electrons. The molecule has 194 valence electrons. The van der Waals surface area contributed by atoms with Crippen LogP contribution in [0.3, 0.4) is 0 Å². The van der Waals surface area contributed by atoms with E-state index in [-0.39, 0.29) is 5.82 Å². The molecule has 0 aromatic heterocycles. The van der Waals surface area contributed by atoms with Gasteiger partial charge in [-0.25, -0.2) is 4.39 Å². The van der Waals surface area contributed by atoms with Crippen molar-refractivity contribution in [3.05, 3.63) is 95.3 Å². The Hall–Kier alpha value is -2.85. The van der Waals surface area contributed by atoms with Crippen LogP contribution in [0.2, 0.25) is 0 Å². The van der Waals surface area contributed by atoms with E-state index >= 15 is 4.39 Å². The number of allylic oxidation sites excluding steroid dienone is 1. The Morgan fingerprint density at radius 3 is 2.27 bits per heavy atom. The van der Waals surface area contributed by atoms with Crippen molar-refractivity contribution >= 4 is 10.8 Å². The number of fused-ring (bicyclic) bond motifs is 1. The third-order valence-electron chi connectivity index (χ3n) is 8.22. The lowest BCUT2D eigenvalue weighted by Crippen LogP contribution is -2.15. The highest BCUT2D eigenvalue weighted by atomic mass is 19.1. The van der Waals surface area contributed by atoms with Gasteiger partial charge < -0.3 is 0 Å². The molecule has 0 spiro atoms. The number of aryl methyl sites for hydroxylation is 2. The average molecular weight is 495 g/mol. The van der Waals surface area contributed by atoms with Gasteiger partial charge in [0.15, 0.2) is 0 Å². The van der Waals surface area contributed by atoms with E-state index in [1.54, 1.807) is 0 Å². The topological polar surface area (TPSA) is 0 Å². The molecular formula is C36H43F. The van der Waals surface area contributed by atoms with Crippen molar-refractivity contribution in [3.8, 4) is 11.8 Å². The molecule has 0 nitrogen and oxygen atoms in total. The number of halogens is 1. The third-order valence-corrected chi connectivity index (χ3v) is 8.22. The molecule has 0 N–H and O–H groups in total. The zero-order valence-corrected chi connectivity index (χ0v) is 22.7. The van der Waals surface area contributed by atoms with Gasteiger partial charge in [-0.2, -0.15) is 0 Å². The molecule has 4 rings (SSSR count). The first-order valence-corrected chi connectivity index (χ1v) is 14.6. The molecule has 0 amide bonds. The number of hydrogen-bond donors (Lipinski definition) is 0. The minimum Gasteiger partial charge on any atom is -0.205 e. The van der Waals surface area contributed by atoms with Crippen LogP contribution < -0.4 is 0 Å². The molecule has 1 fully saturated rings. The second-order valence-corrected chi connectivity index (χ2v) is 11.0. The lowest BCUT2D eigenvalue weighted by molar-refractivity contribution is 0.254. The van der Waals surface area contributed by atoms with Crippen molar-refractivity contribution in [2.24, 2.45) is 11.8 Å². The van der Waals surface area contributed by atoms with E-state index in [4.69, 9.17) is 0 Å². The first-order valence-electron chi connectivity index (χ1n) is 14.6. The van der Waals surface area contributed by atoms with Crippen LogP contribution >= 0.6 is 0 Å². The summed E-state index contributed by atoms with van der Waals surface area (Å²) in [5.74, 6) is 7.82. The lowest BCUT2D eigenvalue weighted by Gasteiger charge is -2.28. The van der Waals surface area contributed by atoms with E-state index in [1.165, 1.54) is 75.3 Å². The lowest BCUT2D eigenvalue weighted by atomic mass is 9.78. The van der Waals surface area contributed by atoms with Crippen molar-refractivity contribution in [2.75, 3.05) is 0 Å². The Morgan fingerprint density at radius 1 is 0.811 bits per heavy atom. The van der Waals surface area contributed by atoms with E-state index in [0.29, 0.717) is 10.9 Å². The summed E-state index contributed by atoms with van der Waals surface area (Å²) >= 11 is 0. The van der Waals surface area contributed by atoms with E-state index in [1.807, 2.05) is 18.2 Å². The fourth-order valence-corrected chi connectivity index (χ4v) is 5.78. The highest BCUT2D eigenvalue weighted by Crippen LogP contribution is 2.34. The number of hydrogen-bond acceptors (Lipinski definition) is 0. The van der Waals surface area contributed by atoms with Crippen LogP contribution in [0.1, 0.15) is 99.8 Å². The van der Waals surface area contributed by atoms with Gasteiger partial charge in [-0.1, -0.05) is 106 Å². The second kappa shape index (κ2) is 14.2. The van der Waals surface area contributed by atoms with Gasteiger partial charge in [-0.3, -0.25) is 0 Å². The van der Waals surface area contributed by atoms with Gasteiger partial charge >= 0.3 is 0 Å². The third kappa shape index (κ3) is 8.07. The summed E-state index contributed by atoms with van der Waals surface area (Å²) in [5.41, 5.74) is 4.07. The Kier molecular flexibility index (Phi) is 10.4. The van der Waals surface area contributed by atoms with Gasteiger partial charge in [0.05, 0.1) is 5.56 Å². The molecule has 0 aliphatic heterocycles. The summed E-state index contributed by atoms with van der Waals surface area (Å²) in [4.78, 5) is 0. The molecule has 0 heterocycles. The van der Waals surface area contributed by atoms with Gasteiger partial charge in [0.25, 0.3) is 0 Å².